The predicted octanol–water partition coefficient (Wildman–Crippen LogP) is 10.4. The fourth-order valence-electron chi connectivity index (χ4n) is 9.98. The molecule has 9 rings (SSSR count). The lowest BCUT2D eigenvalue weighted by atomic mass is 9.59. The van der Waals surface area contributed by atoms with Crippen LogP contribution in [0, 0.1) is 21.4 Å². The molecule has 12 nitrogen and oxygen atoms in total. The number of fused-ring (bicyclic) bond motifs is 1. The molecule has 4 heterocycles. The monoisotopic (exact) mass is 877 g/mol. The molecule has 324 valence electrons. The third-order valence-corrected chi connectivity index (χ3v) is 15.4. The molecule has 1 saturated carbocycles. The van der Waals surface area contributed by atoms with Gasteiger partial charge in [-0.3, -0.25) is 19.8 Å². The van der Waals surface area contributed by atoms with E-state index in [9.17, 15) is 23.3 Å². The van der Waals surface area contributed by atoms with E-state index in [0.29, 0.717) is 47.9 Å². The van der Waals surface area contributed by atoms with E-state index in [1.54, 1.807) is 24.5 Å². The summed E-state index contributed by atoms with van der Waals surface area (Å²) in [5, 5.41) is 13.7. The number of amides is 1. The van der Waals surface area contributed by atoms with E-state index < -0.39 is 20.9 Å². The number of likely N-dealkylation sites (tertiary alicyclic amines) is 1. The molecule has 14 heteroatoms. The SMILES string of the molecule is O=C(NS(=O)(=O)c1ccc(CCC2CCOCC2)c([N+](=O)[O-])c1)c1ccc(C2CCN(CC3=C(c4ccc(Cl)cc4)CC4(CCC4)CC3)CC2)cc1Oc1cnc2[nH]ccc2c1. The maximum atomic E-state index is 14.0. The number of aryl methyl sites for hydroxylation is 1. The van der Waals surface area contributed by atoms with Crippen molar-refractivity contribution in [3.05, 3.63) is 128 Å². The molecule has 3 fully saturated rings. The van der Waals surface area contributed by atoms with Gasteiger partial charge in [-0.2, -0.15) is 0 Å². The van der Waals surface area contributed by atoms with E-state index in [-0.39, 0.29) is 27.8 Å². The number of rotatable bonds is 13. The summed E-state index contributed by atoms with van der Waals surface area (Å²) in [6, 6.07) is 21.2. The number of aromatic amines is 1. The number of halogens is 1. The van der Waals surface area contributed by atoms with Gasteiger partial charge in [-0.15, -0.1) is 0 Å². The standard InChI is InChI=1S/C48H52ClN5O7S/c49-39-8-4-34(5-9-39)43-29-48(18-1-19-48)20-12-38(43)31-53-22-14-33(15-23-53)36-7-11-42(45(27-36)61-40-26-37-13-21-50-46(37)51-30-40)47(55)52-62(58,59)41-10-6-35(44(28-41)54(56)57)3-2-32-16-24-60-25-17-32/h4-11,13,21,26-28,30,32-33H,1-3,12,14-20,22-25,29,31H2,(H,50,51)(H,52,55). The van der Waals surface area contributed by atoms with E-state index in [2.05, 4.69) is 31.7 Å². The van der Waals surface area contributed by atoms with Crippen LogP contribution in [0.15, 0.2) is 95.7 Å². The Morgan fingerprint density at radius 2 is 1.79 bits per heavy atom. The summed E-state index contributed by atoms with van der Waals surface area (Å²) in [7, 11) is -4.51. The zero-order valence-corrected chi connectivity index (χ0v) is 36.3. The number of benzene rings is 3. The lowest BCUT2D eigenvalue weighted by Gasteiger charge is -2.47. The predicted molar refractivity (Wildman–Crippen MR) is 239 cm³/mol. The molecular weight excluding hydrogens is 826 g/mol. The van der Waals surface area contributed by atoms with Crippen molar-refractivity contribution in [1.29, 1.82) is 0 Å². The normalized spacial score (nSPS) is 18.8. The van der Waals surface area contributed by atoms with Crippen LogP contribution < -0.4 is 9.46 Å². The van der Waals surface area contributed by atoms with E-state index in [4.69, 9.17) is 21.1 Å². The summed E-state index contributed by atoms with van der Waals surface area (Å²) in [5.74, 6) is 0.243. The second kappa shape index (κ2) is 18.0. The van der Waals surface area contributed by atoms with Gasteiger partial charge in [0.15, 0.2) is 0 Å². The Kier molecular flexibility index (Phi) is 12.2. The second-order valence-corrected chi connectivity index (χ2v) is 19.8. The fraction of sp³-hybridized carbons (Fsp3) is 0.417. The van der Waals surface area contributed by atoms with Crippen LogP contribution in [0.1, 0.15) is 104 Å². The number of nitrogens with one attached hydrogen (secondary N) is 2. The molecule has 2 saturated heterocycles. The Morgan fingerprint density at radius 1 is 1.00 bits per heavy atom. The number of nitro groups is 1. The van der Waals surface area contributed by atoms with Crippen molar-refractivity contribution >= 4 is 49.8 Å². The molecule has 0 bridgehead atoms. The number of hydrogen-bond donors (Lipinski definition) is 2. The van der Waals surface area contributed by atoms with Crippen LogP contribution in [0.5, 0.6) is 11.5 Å². The Hall–Kier alpha value is -5.08. The van der Waals surface area contributed by atoms with Crippen LogP contribution in [-0.2, 0) is 21.2 Å². The second-order valence-electron chi connectivity index (χ2n) is 17.7. The zero-order chi connectivity index (χ0) is 42.8. The number of ether oxygens (including phenoxy) is 2. The molecule has 0 unspecified atom stereocenters. The van der Waals surface area contributed by atoms with Gasteiger partial charge in [0.05, 0.1) is 21.6 Å². The number of hydrogen-bond acceptors (Lipinski definition) is 9. The highest BCUT2D eigenvalue weighted by Crippen LogP contribution is 2.55. The first kappa shape index (κ1) is 42.2. The van der Waals surface area contributed by atoms with Crippen LogP contribution in [0.3, 0.4) is 0 Å². The molecule has 2 N–H and O–H groups in total. The third kappa shape index (κ3) is 9.32. The third-order valence-electron chi connectivity index (χ3n) is 13.8. The number of aromatic nitrogens is 2. The largest absolute Gasteiger partial charge is 0.455 e. The molecule has 0 radical (unpaired) electrons. The van der Waals surface area contributed by atoms with E-state index in [1.165, 1.54) is 54.5 Å². The molecule has 1 spiro atoms. The van der Waals surface area contributed by atoms with Crippen LogP contribution in [0.25, 0.3) is 16.6 Å². The summed E-state index contributed by atoms with van der Waals surface area (Å²) in [6.07, 6.45) is 15.6. The molecule has 62 heavy (non-hydrogen) atoms. The summed E-state index contributed by atoms with van der Waals surface area (Å²) in [5.41, 5.74) is 6.62. The van der Waals surface area contributed by atoms with Crippen molar-refractivity contribution in [2.75, 3.05) is 32.8 Å². The minimum absolute atomic E-state index is 0.00899. The van der Waals surface area contributed by atoms with E-state index in [0.717, 1.165) is 86.6 Å². The molecule has 3 aromatic carbocycles. The van der Waals surface area contributed by atoms with Gasteiger partial charge < -0.3 is 14.5 Å². The van der Waals surface area contributed by atoms with Crippen molar-refractivity contribution in [3.8, 4) is 11.5 Å². The maximum absolute atomic E-state index is 14.0. The molecule has 0 atom stereocenters. The quantitative estimate of drug-likeness (QED) is 0.0868. The smallest absolute Gasteiger partial charge is 0.273 e. The fourth-order valence-corrected chi connectivity index (χ4v) is 11.1. The Bertz CT molecular complexity index is 2610. The Morgan fingerprint density at radius 3 is 2.53 bits per heavy atom. The number of nitro benzene ring substituents is 1. The van der Waals surface area contributed by atoms with Gasteiger partial charge in [-0.1, -0.05) is 47.9 Å². The van der Waals surface area contributed by atoms with Crippen LogP contribution in [0.4, 0.5) is 5.69 Å². The molecular formula is C48H52ClN5O7S. The Labute approximate surface area is 367 Å². The number of sulfonamides is 1. The van der Waals surface area contributed by atoms with Crippen LogP contribution in [-0.4, -0.2) is 67.0 Å². The molecule has 1 amide bonds. The van der Waals surface area contributed by atoms with Gasteiger partial charge in [0.25, 0.3) is 21.6 Å². The first-order valence-corrected chi connectivity index (χ1v) is 23.7. The number of piperidine rings is 1. The average Bonchev–Trinajstić information content (AvgIpc) is 3.74. The first-order chi connectivity index (χ1) is 30.0. The molecule has 2 aromatic heterocycles. The number of H-pyrrole nitrogens is 1. The molecule has 5 aromatic rings. The summed E-state index contributed by atoms with van der Waals surface area (Å²) < 4.78 is 41.4. The highest BCUT2D eigenvalue weighted by molar-refractivity contribution is 7.90. The van der Waals surface area contributed by atoms with Crippen LogP contribution in [0.2, 0.25) is 5.02 Å². The van der Waals surface area contributed by atoms with Gasteiger partial charge in [-0.05, 0) is 160 Å². The topological polar surface area (TPSA) is 157 Å². The number of pyridine rings is 1. The van der Waals surface area contributed by atoms with Crippen molar-refractivity contribution in [2.24, 2.45) is 11.3 Å². The minimum Gasteiger partial charge on any atom is -0.455 e. The van der Waals surface area contributed by atoms with E-state index >= 15 is 0 Å². The Balaban J connectivity index is 0.926. The maximum Gasteiger partial charge on any atom is 0.273 e. The zero-order valence-electron chi connectivity index (χ0n) is 34.7. The van der Waals surface area contributed by atoms with Gasteiger partial charge in [-0.25, -0.2) is 18.1 Å². The first-order valence-electron chi connectivity index (χ1n) is 21.9. The number of carbonyl (C=O) groups is 1. The van der Waals surface area contributed by atoms with Crippen molar-refractivity contribution < 1.29 is 27.6 Å². The van der Waals surface area contributed by atoms with Crippen molar-refractivity contribution in [3.63, 3.8) is 0 Å². The van der Waals surface area contributed by atoms with Gasteiger partial charge >= 0.3 is 0 Å². The molecule has 4 aliphatic rings. The summed E-state index contributed by atoms with van der Waals surface area (Å²) >= 11 is 6.28. The summed E-state index contributed by atoms with van der Waals surface area (Å²) in [4.78, 5) is 35.2. The lowest BCUT2D eigenvalue weighted by Crippen LogP contribution is -2.37. The minimum atomic E-state index is -4.51. The average molecular weight is 878 g/mol. The van der Waals surface area contributed by atoms with Gasteiger partial charge in [0.1, 0.15) is 17.1 Å². The lowest BCUT2D eigenvalue weighted by molar-refractivity contribution is -0.385. The molecule has 2 aliphatic carbocycles. The number of allylic oxidation sites excluding steroid dienone is 1. The highest BCUT2D eigenvalue weighted by atomic mass is 35.5. The highest BCUT2D eigenvalue weighted by Gasteiger charge is 2.41. The molecule has 2 aliphatic heterocycles. The van der Waals surface area contributed by atoms with Gasteiger partial charge in [0, 0.05) is 48.0 Å². The number of nitrogens with zero attached hydrogens (tertiary/aromatic N) is 3. The van der Waals surface area contributed by atoms with E-state index in [1.807, 2.05) is 30.3 Å². The van der Waals surface area contributed by atoms with Crippen molar-refractivity contribution in [2.45, 2.75) is 87.9 Å². The van der Waals surface area contributed by atoms with Gasteiger partial charge in [0.2, 0.25) is 0 Å². The summed E-state index contributed by atoms with van der Waals surface area (Å²) in [6.45, 7) is 4.12. The van der Waals surface area contributed by atoms with Crippen LogP contribution >= 0.6 is 11.6 Å². The van der Waals surface area contributed by atoms with Crippen molar-refractivity contribution in [1.82, 2.24) is 19.6 Å². The number of carbonyl (C=O) groups excluding carboxylic acids is 1.